The lowest BCUT2D eigenvalue weighted by atomic mass is 10.2. The van der Waals surface area contributed by atoms with Gasteiger partial charge in [0, 0.05) is 0 Å². The first kappa shape index (κ1) is 11.0. The number of H-pyrrole nitrogens is 1. The maximum absolute atomic E-state index is 9.28. The second-order valence-electron chi connectivity index (χ2n) is 4.20. The molecule has 0 aliphatic carbocycles. The molecule has 0 unspecified atom stereocenters. The first-order chi connectivity index (χ1) is 8.74. The molecule has 0 aliphatic rings. The molecule has 0 saturated heterocycles. The molecule has 1 heterocycles. The van der Waals surface area contributed by atoms with Crippen LogP contribution in [0.3, 0.4) is 0 Å². The number of para-hydroxylation sites is 2. The zero-order chi connectivity index (χ0) is 12.5. The summed E-state index contributed by atoms with van der Waals surface area (Å²) < 4.78 is 2.76. The normalized spacial score (nSPS) is 10.9. The molecule has 3 aromatic rings. The van der Waals surface area contributed by atoms with Gasteiger partial charge in [0.15, 0.2) is 4.77 Å². The van der Waals surface area contributed by atoms with Gasteiger partial charge in [0.25, 0.3) is 0 Å². The number of nitrogens with one attached hydrogen (secondary N) is 1. The highest BCUT2D eigenvalue weighted by Gasteiger charge is 2.04. The highest BCUT2D eigenvalue weighted by Crippen LogP contribution is 2.17. The molecule has 90 valence electrons. The molecule has 18 heavy (non-hydrogen) atoms. The Morgan fingerprint density at radius 1 is 1.06 bits per heavy atom. The van der Waals surface area contributed by atoms with Crippen molar-refractivity contribution >= 4 is 23.3 Å². The van der Waals surface area contributed by atoms with E-state index in [-0.39, 0.29) is 5.75 Å². The van der Waals surface area contributed by atoms with Crippen LogP contribution in [0.4, 0.5) is 0 Å². The highest BCUT2D eigenvalue weighted by atomic mass is 32.1. The fourth-order valence-electron chi connectivity index (χ4n) is 2.05. The molecule has 4 heteroatoms. The monoisotopic (exact) mass is 256 g/mol. The molecule has 3 rings (SSSR count). The Morgan fingerprint density at radius 3 is 2.56 bits per heavy atom. The van der Waals surface area contributed by atoms with Crippen molar-refractivity contribution in [1.82, 2.24) is 9.55 Å². The van der Waals surface area contributed by atoms with E-state index in [0.29, 0.717) is 11.3 Å². The number of aromatic nitrogens is 2. The van der Waals surface area contributed by atoms with Gasteiger partial charge in [-0.3, -0.25) is 0 Å². The molecule has 1 aromatic heterocycles. The van der Waals surface area contributed by atoms with Crippen molar-refractivity contribution in [3.8, 4) is 5.75 Å². The minimum absolute atomic E-state index is 0.279. The maximum Gasteiger partial charge on any atom is 0.178 e. The zero-order valence-corrected chi connectivity index (χ0v) is 10.4. The number of rotatable bonds is 2. The molecule has 2 N–H and O–H groups in total. The van der Waals surface area contributed by atoms with E-state index >= 15 is 0 Å². The molecule has 0 saturated carbocycles. The maximum atomic E-state index is 9.28. The SMILES string of the molecule is Oc1ccc(Cn2c(=S)[nH]c3ccccc32)cc1. The lowest BCUT2D eigenvalue weighted by Crippen LogP contribution is -1.99. The minimum atomic E-state index is 0.279. The van der Waals surface area contributed by atoms with Gasteiger partial charge < -0.3 is 14.7 Å². The van der Waals surface area contributed by atoms with E-state index in [9.17, 15) is 5.11 Å². The Hall–Kier alpha value is -2.07. The Bertz CT molecular complexity index is 740. The van der Waals surface area contributed by atoms with Crippen molar-refractivity contribution in [1.29, 1.82) is 0 Å². The molecule has 0 bridgehead atoms. The predicted molar refractivity (Wildman–Crippen MR) is 74.3 cm³/mol. The van der Waals surface area contributed by atoms with Crippen LogP contribution in [0.15, 0.2) is 48.5 Å². The molecule has 2 aromatic carbocycles. The third-order valence-electron chi connectivity index (χ3n) is 2.96. The molecule has 0 fully saturated rings. The van der Waals surface area contributed by atoms with Crippen LogP contribution in [0.25, 0.3) is 11.0 Å². The Labute approximate surface area is 109 Å². The number of nitrogens with zero attached hydrogens (tertiary/aromatic N) is 1. The number of fused-ring (bicyclic) bond motifs is 1. The number of hydrogen-bond donors (Lipinski definition) is 2. The quantitative estimate of drug-likeness (QED) is 0.689. The third-order valence-corrected chi connectivity index (χ3v) is 3.28. The van der Waals surface area contributed by atoms with Crippen molar-refractivity contribution in [3.05, 3.63) is 58.9 Å². The van der Waals surface area contributed by atoms with Crippen molar-refractivity contribution in [2.24, 2.45) is 0 Å². The van der Waals surface area contributed by atoms with Crippen LogP contribution in [0.5, 0.6) is 5.75 Å². The lowest BCUT2D eigenvalue weighted by Gasteiger charge is -2.04. The van der Waals surface area contributed by atoms with Gasteiger partial charge in [-0.15, -0.1) is 0 Å². The summed E-state index contributed by atoms with van der Waals surface area (Å²) in [7, 11) is 0. The largest absolute Gasteiger partial charge is 0.508 e. The van der Waals surface area contributed by atoms with E-state index in [0.717, 1.165) is 16.6 Å². The Balaban J connectivity index is 2.07. The number of phenolic OH excluding ortho intramolecular Hbond substituents is 1. The van der Waals surface area contributed by atoms with Gasteiger partial charge >= 0.3 is 0 Å². The van der Waals surface area contributed by atoms with Gasteiger partial charge in [0.1, 0.15) is 5.75 Å². The summed E-state index contributed by atoms with van der Waals surface area (Å²) in [6.45, 7) is 0.698. The van der Waals surface area contributed by atoms with Gasteiger partial charge in [0.2, 0.25) is 0 Å². The predicted octanol–water partition coefficient (Wildman–Crippen LogP) is 3.45. The van der Waals surface area contributed by atoms with Gasteiger partial charge in [-0.25, -0.2) is 0 Å². The van der Waals surface area contributed by atoms with Crippen LogP contribution < -0.4 is 0 Å². The van der Waals surface area contributed by atoms with Crippen LogP contribution >= 0.6 is 12.2 Å². The van der Waals surface area contributed by atoms with Gasteiger partial charge in [-0.1, -0.05) is 24.3 Å². The summed E-state index contributed by atoms with van der Waals surface area (Å²) in [6.07, 6.45) is 0. The number of imidazole rings is 1. The van der Waals surface area contributed by atoms with Crippen molar-refractivity contribution in [2.45, 2.75) is 6.54 Å². The highest BCUT2D eigenvalue weighted by molar-refractivity contribution is 7.71. The standard InChI is InChI=1S/C14H12N2OS/c17-11-7-5-10(6-8-11)9-16-13-4-2-1-3-12(13)15-14(16)18/h1-8,17H,9H2,(H,15,18). The third kappa shape index (κ3) is 1.91. The van der Waals surface area contributed by atoms with E-state index < -0.39 is 0 Å². The van der Waals surface area contributed by atoms with Crippen LogP contribution in [-0.4, -0.2) is 14.7 Å². The van der Waals surface area contributed by atoms with Gasteiger partial charge in [-0.05, 0) is 42.0 Å². The number of phenols is 1. The number of aromatic hydroxyl groups is 1. The summed E-state index contributed by atoms with van der Waals surface area (Å²) in [5, 5.41) is 9.28. The van der Waals surface area contributed by atoms with E-state index in [1.807, 2.05) is 36.4 Å². The number of aromatic amines is 1. The van der Waals surface area contributed by atoms with Crippen LogP contribution in [-0.2, 0) is 6.54 Å². The average molecular weight is 256 g/mol. The van der Waals surface area contributed by atoms with E-state index in [4.69, 9.17) is 12.2 Å². The second kappa shape index (κ2) is 4.31. The molecule has 0 atom stereocenters. The number of benzene rings is 2. The van der Waals surface area contributed by atoms with Crippen molar-refractivity contribution in [2.75, 3.05) is 0 Å². The fraction of sp³-hybridized carbons (Fsp3) is 0.0714. The first-order valence-corrected chi connectivity index (χ1v) is 6.10. The zero-order valence-electron chi connectivity index (χ0n) is 9.63. The molecule has 0 spiro atoms. The fourth-order valence-corrected chi connectivity index (χ4v) is 2.32. The number of hydrogen-bond acceptors (Lipinski definition) is 2. The van der Waals surface area contributed by atoms with E-state index in [1.54, 1.807) is 12.1 Å². The minimum Gasteiger partial charge on any atom is -0.508 e. The Morgan fingerprint density at radius 2 is 1.78 bits per heavy atom. The van der Waals surface area contributed by atoms with E-state index in [2.05, 4.69) is 9.55 Å². The summed E-state index contributed by atoms with van der Waals surface area (Å²) in [5.74, 6) is 0.279. The molecule has 0 aliphatic heterocycles. The molecule has 0 amide bonds. The summed E-state index contributed by atoms with van der Waals surface area (Å²) >= 11 is 5.34. The summed E-state index contributed by atoms with van der Waals surface area (Å²) in [5.41, 5.74) is 3.24. The smallest absolute Gasteiger partial charge is 0.178 e. The summed E-state index contributed by atoms with van der Waals surface area (Å²) in [4.78, 5) is 3.19. The average Bonchev–Trinajstić information content (AvgIpc) is 2.69. The second-order valence-corrected chi connectivity index (χ2v) is 4.59. The summed E-state index contributed by atoms with van der Waals surface area (Å²) in [6, 6.07) is 15.2. The van der Waals surface area contributed by atoms with Gasteiger partial charge in [-0.2, -0.15) is 0 Å². The topological polar surface area (TPSA) is 41.0 Å². The lowest BCUT2D eigenvalue weighted by molar-refractivity contribution is 0.475. The van der Waals surface area contributed by atoms with Crippen molar-refractivity contribution < 1.29 is 5.11 Å². The Kier molecular flexibility index (Phi) is 2.64. The molecular formula is C14H12N2OS. The molecule has 3 nitrogen and oxygen atoms in total. The van der Waals surface area contributed by atoms with Crippen LogP contribution in [0.2, 0.25) is 0 Å². The van der Waals surface area contributed by atoms with E-state index in [1.165, 1.54) is 0 Å². The molecular weight excluding hydrogens is 244 g/mol. The van der Waals surface area contributed by atoms with Gasteiger partial charge in [0.05, 0.1) is 17.6 Å². The molecule has 0 radical (unpaired) electrons. The van der Waals surface area contributed by atoms with Crippen LogP contribution in [0, 0.1) is 4.77 Å². The first-order valence-electron chi connectivity index (χ1n) is 5.69. The van der Waals surface area contributed by atoms with Crippen molar-refractivity contribution in [3.63, 3.8) is 0 Å². The van der Waals surface area contributed by atoms with Crippen LogP contribution in [0.1, 0.15) is 5.56 Å².